The standard InChI is InChI=1S/C14H13ClN4O2/c15-12-8-17-5-4-11(12)14(20)18-7-9-2-1-3-10(6-9)13(16)19-21/h1-6,8,21H,7H2,(H2,16,19)(H,18,20). The summed E-state index contributed by atoms with van der Waals surface area (Å²) in [5, 5.41) is 14.6. The number of nitrogens with one attached hydrogen (secondary N) is 1. The average Bonchev–Trinajstić information content (AvgIpc) is 2.52. The molecular formula is C14H13ClN4O2. The second kappa shape index (κ2) is 6.71. The van der Waals surface area contributed by atoms with Crippen LogP contribution in [-0.4, -0.2) is 21.9 Å². The van der Waals surface area contributed by atoms with Crippen LogP contribution < -0.4 is 11.1 Å². The van der Waals surface area contributed by atoms with Crippen molar-refractivity contribution in [3.63, 3.8) is 0 Å². The summed E-state index contributed by atoms with van der Waals surface area (Å²) in [6, 6.07) is 8.56. The molecule has 0 fully saturated rings. The van der Waals surface area contributed by atoms with Crippen LogP contribution in [0.1, 0.15) is 21.5 Å². The Labute approximate surface area is 126 Å². The number of benzene rings is 1. The van der Waals surface area contributed by atoms with E-state index in [2.05, 4.69) is 15.5 Å². The topological polar surface area (TPSA) is 101 Å². The first-order chi connectivity index (χ1) is 10.1. The summed E-state index contributed by atoms with van der Waals surface area (Å²) in [6.07, 6.45) is 2.91. The Morgan fingerprint density at radius 3 is 2.95 bits per heavy atom. The fourth-order valence-electron chi connectivity index (χ4n) is 1.74. The second-order valence-electron chi connectivity index (χ2n) is 4.22. The zero-order valence-electron chi connectivity index (χ0n) is 11.0. The number of halogens is 1. The molecule has 7 heteroatoms. The Kier molecular flexibility index (Phi) is 4.73. The molecule has 0 spiro atoms. The largest absolute Gasteiger partial charge is 0.409 e. The molecule has 6 nitrogen and oxygen atoms in total. The molecule has 0 bridgehead atoms. The van der Waals surface area contributed by atoms with Crippen LogP contribution in [0.15, 0.2) is 47.9 Å². The number of carbonyl (C=O) groups excluding carboxylic acids is 1. The number of rotatable bonds is 4. The Morgan fingerprint density at radius 1 is 1.43 bits per heavy atom. The fraction of sp³-hybridized carbons (Fsp3) is 0.0714. The van der Waals surface area contributed by atoms with E-state index in [4.69, 9.17) is 22.5 Å². The maximum absolute atomic E-state index is 12.0. The number of oxime groups is 1. The van der Waals surface area contributed by atoms with Crippen molar-refractivity contribution in [3.05, 3.63) is 64.4 Å². The van der Waals surface area contributed by atoms with Gasteiger partial charge in [0.2, 0.25) is 0 Å². The van der Waals surface area contributed by atoms with Gasteiger partial charge in [-0.1, -0.05) is 35.0 Å². The lowest BCUT2D eigenvalue weighted by molar-refractivity contribution is 0.0951. The molecule has 1 amide bonds. The van der Waals surface area contributed by atoms with Gasteiger partial charge >= 0.3 is 0 Å². The predicted octanol–water partition coefficient (Wildman–Crippen LogP) is 1.76. The smallest absolute Gasteiger partial charge is 0.253 e. The van der Waals surface area contributed by atoms with Crippen LogP contribution in [0.25, 0.3) is 0 Å². The van der Waals surface area contributed by atoms with E-state index in [1.54, 1.807) is 24.3 Å². The first-order valence-corrected chi connectivity index (χ1v) is 6.44. The van der Waals surface area contributed by atoms with Crippen molar-refractivity contribution < 1.29 is 10.0 Å². The number of amides is 1. The van der Waals surface area contributed by atoms with E-state index >= 15 is 0 Å². The lowest BCUT2D eigenvalue weighted by Gasteiger charge is -2.07. The van der Waals surface area contributed by atoms with Crippen molar-refractivity contribution in [3.8, 4) is 0 Å². The van der Waals surface area contributed by atoms with Crippen LogP contribution in [0.5, 0.6) is 0 Å². The van der Waals surface area contributed by atoms with Gasteiger partial charge in [-0.3, -0.25) is 9.78 Å². The molecule has 0 unspecified atom stereocenters. The molecule has 108 valence electrons. The van der Waals surface area contributed by atoms with Crippen molar-refractivity contribution in [2.75, 3.05) is 0 Å². The highest BCUT2D eigenvalue weighted by atomic mass is 35.5. The summed E-state index contributed by atoms with van der Waals surface area (Å²) in [7, 11) is 0. The normalized spacial score (nSPS) is 11.2. The Balaban J connectivity index is 2.07. The number of pyridine rings is 1. The molecular weight excluding hydrogens is 292 g/mol. The molecule has 0 aliphatic heterocycles. The van der Waals surface area contributed by atoms with E-state index in [0.717, 1.165) is 5.56 Å². The van der Waals surface area contributed by atoms with Crippen LogP contribution in [0.4, 0.5) is 0 Å². The second-order valence-corrected chi connectivity index (χ2v) is 4.63. The van der Waals surface area contributed by atoms with E-state index in [9.17, 15) is 4.79 Å². The van der Waals surface area contributed by atoms with E-state index in [1.807, 2.05) is 6.07 Å². The highest BCUT2D eigenvalue weighted by Gasteiger charge is 2.09. The summed E-state index contributed by atoms with van der Waals surface area (Å²) in [6.45, 7) is 0.296. The number of amidine groups is 1. The van der Waals surface area contributed by atoms with Crippen molar-refractivity contribution in [1.82, 2.24) is 10.3 Å². The number of nitrogens with two attached hydrogens (primary N) is 1. The van der Waals surface area contributed by atoms with Gasteiger partial charge in [-0.2, -0.15) is 0 Å². The summed E-state index contributed by atoms with van der Waals surface area (Å²) in [4.78, 5) is 15.8. The number of carbonyl (C=O) groups is 1. The molecule has 1 aromatic carbocycles. The van der Waals surface area contributed by atoms with Gasteiger partial charge in [0, 0.05) is 24.5 Å². The molecule has 0 atom stereocenters. The Bertz CT molecular complexity index is 688. The zero-order chi connectivity index (χ0) is 15.2. The molecule has 0 saturated carbocycles. The SMILES string of the molecule is NC(=NO)c1cccc(CNC(=O)c2ccncc2Cl)c1. The monoisotopic (exact) mass is 304 g/mol. The van der Waals surface area contributed by atoms with E-state index in [-0.39, 0.29) is 11.7 Å². The number of aromatic nitrogens is 1. The van der Waals surface area contributed by atoms with Gasteiger partial charge in [0.25, 0.3) is 5.91 Å². The molecule has 0 aliphatic rings. The maximum atomic E-state index is 12.0. The molecule has 1 heterocycles. The first kappa shape index (κ1) is 14.8. The van der Waals surface area contributed by atoms with Crippen molar-refractivity contribution in [2.45, 2.75) is 6.54 Å². The van der Waals surface area contributed by atoms with Crippen molar-refractivity contribution >= 4 is 23.3 Å². The third-order valence-corrected chi connectivity index (χ3v) is 3.10. The molecule has 0 aliphatic carbocycles. The molecule has 0 saturated heterocycles. The van der Waals surface area contributed by atoms with Gasteiger partial charge < -0.3 is 16.3 Å². The summed E-state index contributed by atoms with van der Waals surface area (Å²) < 4.78 is 0. The minimum atomic E-state index is -0.295. The van der Waals surface area contributed by atoms with E-state index in [1.165, 1.54) is 12.4 Å². The van der Waals surface area contributed by atoms with Gasteiger partial charge in [0.1, 0.15) is 0 Å². The molecule has 2 rings (SSSR count). The lowest BCUT2D eigenvalue weighted by atomic mass is 10.1. The van der Waals surface area contributed by atoms with Crippen LogP contribution in [0.2, 0.25) is 5.02 Å². The average molecular weight is 305 g/mol. The molecule has 1 aromatic heterocycles. The highest BCUT2D eigenvalue weighted by molar-refractivity contribution is 6.33. The Morgan fingerprint density at radius 2 is 2.24 bits per heavy atom. The maximum Gasteiger partial charge on any atom is 0.253 e. The van der Waals surface area contributed by atoms with Gasteiger partial charge in [0.05, 0.1) is 10.6 Å². The fourth-order valence-corrected chi connectivity index (χ4v) is 1.94. The summed E-state index contributed by atoms with van der Waals surface area (Å²) in [5.41, 5.74) is 7.27. The summed E-state index contributed by atoms with van der Waals surface area (Å²) in [5.74, 6) is -0.281. The van der Waals surface area contributed by atoms with Gasteiger partial charge in [0.15, 0.2) is 5.84 Å². The first-order valence-electron chi connectivity index (χ1n) is 6.06. The van der Waals surface area contributed by atoms with Gasteiger partial charge in [-0.05, 0) is 17.7 Å². The lowest BCUT2D eigenvalue weighted by Crippen LogP contribution is -2.23. The van der Waals surface area contributed by atoms with Crippen LogP contribution in [0, 0.1) is 0 Å². The van der Waals surface area contributed by atoms with Crippen molar-refractivity contribution in [1.29, 1.82) is 0 Å². The molecule has 4 N–H and O–H groups in total. The third kappa shape index (κ3) is 3.70. The van der Waals surface area contributed by atoms with Crippen molar-refractivity contribution in [2.24, 2.45) is 10.9 Å². The van der Waals surface area contributed by atoms with Crippen LogP contribution >= 0.6 is 11.6 Å². The molecule has 21 heavy (non-hydrogen) atoms. The Hall–Kier alpha value is -2.60. The van der Waals surface area contributed by atoms with Gasteiger partial charge in [-0.15, -0.1) is 0 Å². The van der Waals surface area contributed by atoms with Gasteiger partial charge in [-0.25, -0.2) is 0 Å². The quantitative estimate of drug-likeness (QED) is 0.347. The highest BCUT2D eigenvalue weighted by Crippen LogP contribution is 2.13. The van der Waals surface area contributed by atoms with Crippen LogP contribution in [0.3, 0.4) is 0 Å². The minimum Gasteiger partial charge on any atom is -0.409 e. The number of hydrogen-bond acceptors (Lipinski definition) is 4. The molecule has 2 aromatic rings. The van der Waals surface area contributed by atoms with Crippen LogP contribution in [-0.2, 0) is 6.54 Å². The number of hydrogen-bond donors (Lipinski definition) is 3. The predicted molar refractivity (Wildman–Crippen MR) is 79.4 cm³/mol. The van der Waals surface area contributed by atoms with E-state index < -0.39 is 0 Å². The minimum absolute atomic E-state index is 0.0142. The summed E-state index contributed by atoms with van der Waals surface area (Å²) >= 11 is 5.90. The molecule has 0 radical (unpaired) electrons. The van der Waals surface area contributed by atoms with E-state index in [0.29, 0.717) is 22.7 Å². The zero-order valence-corrected chi connectivity index (χ0v) is 11.7. The number of nitrogens with zero attached hydrogens (tertiary/aromatic N) is 2. The third-order valence-electron chi connectivity index (χ3n) is 2.80.